The molecular weight excluding hydrogens is 226 g/mol. The fourth-order valence-corrected chi connectivity index (χ4v) is 1.41. The monoisotopic (exact) mass is 240 g/mol. The number of hydrogen-bond donors (Lipinski definition) is 0. The highest BCUT2D eigenvalue weighted by Crippen LogP contribution is 2.12. The molecular formula is C13H14F2O2. The molecule has 1 aromatic carbocycles. The van der Waals surface area contributed by atoms with E-state index in [9.17, 15) is 18.4 Å². The third-order valence-electron chi connectivity index (χ3n) is 2.25. The van der Waals surface area contributed by atoms with Crippen LogP contribution in [0.2, 0.25) is 0 Å². The van der Waals surface area contributed by atoms with Gasteiger partial charge < -0.3 is 0 Å². The number of carbonyl (C=O) groups is 2. The normalized spacial score (nSPS) is 12.5. The Morgan fingerprint density at radius 1 is 1.18 bits per heavy atom. The lowest BCUT2D eigenvalue weighted by Gasteiger charge is -2.08. The molecule has 0 aliphatic rings. The van der Waals surface area contributed by atoms with E-state index in [1.807, 2.05) is 0 Å². The van der Waals surface area contributed by atoms with Gasteiger partial charge in [-0.1, -0.05) is 13.8 Å². The van der Waals surface area contributed by atoms with Crippen molar-refractivity contribution >= 4 is 11.6 Å². The zero-order valence-electron chi connectivity index (χ0n) is 9.74. The topological polar surface area (TPSA) is 34.1 Å². The first-order chi connectivity index (χ1) is 7.91. The number of carbonyl (C=O) groups excluding carboxylic acids is 2. The summed E-state index contributed by atoms with van der Waals surface area (Å²) < 4.78 is 26.2. The van der Waals surface area contributed by atoms with E-state index in [0.717, 1.165) is 12.1 Å². The van der Waals surface area contributed by atoms with Gasteiger partial charge in [0.2, 0.25) is 12.0 Å². The highest BCUT2D eigenvalue weighted by Gasteiger charge is 2.27. The van der Waals surface area contributed by atoms with Crippen LogP contribution >= 0.6 is 0 Å². The van der Waals surface area contributed by atoms with E-state index in [-0.39, 0.29) is 17.9 Å². The molecule has 92 valence electrons. The highest BCUT2D eigenvalue weighted by atomic mass is 19.1. The fraction of sp³-hybridized carbons (Fsp3) is 0.385. The van der Waals surface area contributed by atoms with E-state index in [2.05, 4.69) is 0 Å². The Hall–Kier alpha value is -1.58. The van der Waals surface area contributed by atoms with Gasteiger partial charge in [0.15, 0.2) is 5.78 Å². The standard InChI is InChI=1S/C13H14F2O2/c1-8(2)7-11(16)12(15)13(17)9-3-5-10(14)6-4-9/h3-6,8,12H,7H2,1-2H3. The predicted molar refractivity (Wildman–Crippen MR) is 60.1 cm³/mol. The third-order valence-corrected chi connectivity index (χ3v) is 2.25. The fourth-order valence-electron chi connectivity index (χ4n) is 1.41. The Kier molecular flexibility index (Phi) is 4.49. The van der Waals surface area contributed by atoms with Crippen LogP contribution < -0.4 is 0 Å². The molecule has 0 heterocycles. The van der Waals surface area contributed by atoms with Crippen LogP contribution in [0.1, 0.15) is 30.6 Å². The first-order valence-corrected chi connectivity index (χ1v) is 5.38. The average Bonchev–Trinajstić information content (AvgIpc) is 2.27. The van der Waals surface area contributed by atoms with Crippen molar-refractivity contribution in [1.82, 2.24) is 0 Å². The van der Waals surface area contributed by atoms with Gasteiger partial charge in [-0.05, 0) is 30.2 Å². The van der Waals surface area contributed by atoms with Gasteiger partial charge >= 0.3 is 0 Å². The van der Waals surface area contributed by atoms with Crippen LogP contribution in [-0.2, 0) is 4.79 Å². The summed E-state index contributed by atoms with van der Waals surface area (Å²) in [5, 5.41) is 0. The SMILES string of the molecule is CC(C)CC(=O)C(F)C(=O)c1ccc(F)cc1. The molecule has 1 rings (SSSR count). The zero-order valence-corrected chi connectivity index (χ0v) is 9.74. The molecule has 0 radical (unpaired) electrons. The maximum atomic E-state index is 13.5. The number of rotatable bonds is 5. The van der Waals surface area contributed by atoms with Crippen molar-refractivity contribution in [2.75, 3.05) is 0 Å². The van der Waals surface area contributed by atoms with Gasteiger partial charge in [0.05, 0.1) is 0 Å². The summed E-state index contributed by atoms with van der Waals surface area (Å²) in [5.41, 5.74) is 0.0102. The van der Waals surface area contributed by atoms with Crippen LogP contribution in [0.3, 0.4) is 0 Å². The molecule has 0 aromatic heterocycles. The molecule has 0 saturated heterocycles. The van der Waals surface area contributed by atoms with Crippen LogP contribution in [-0.4, -0.2) is 17.7 Å². The number of hydrogen-bond acceptors (Lipinski definition) is 2. The summed E-state index contributed by atoms with van der Waals surface area (Å²) >= 11 is 0. The smallest absolute Gasteiger partial charge is 0.220 e. The van der Waals surface area contributed by atoms with Gasteiger partial charge in [-0.25, -0.2) is 8.78 Å². The Labute approximate surface area is 98.6 Å². The average molecular weight is 240 g/mol. The van der Waals surface area contributed by atoms with Crippen molar-refractivity contribution in [2.24, 2.45) is 5.92 Å². The summed E-state index contributed by atoms with van der Waals surface area (Å²) in [6.45, 7) is 3.54. The Morgan fingerprint density at radius 2 is 1.71 bits per heavy atom. The van der Waals surface area contributed by atoms with Crippen molar-refractivity contribution in [3.05, 3.63) is 35.6 Å². The second-order valence-corrected chi connectivity index (χ2v) is 4.30. The molecule has 1 atom stereocenters. The lowest BCUT2D eigenvalue weighted by molar-refractivity contribution is -0.122. The first-order valence-electron chi connectivity index (χ1n) is 5.38. The van der Waals surface area contributed by atoms with E-state index in [1.165, 1.54) is 12.1 Å². The summed E-state index contributed by atoms with van der Waals surface area (Å²) in [5.74, 6) is -2.14. The molecule has 0 fully saturated rings. The zero-order chi connectivity index (χ0) is 13.0. The van der Waals surface area contributed by atoms with Crippen LogP contribution in [0, 0.1) is 11.7 Å². The maximum absolute atomic E-state index is 13.5. The van der Waals surface area contributed by atoms with Crippen LogP contribution in [0.25, 0.3) is 0 Å². The van der Waals surface area contributed by atoms with Gasteiger partial charge in [0, 0.05) is 12.0 Å². The quantitative estimate of drug-likeness (QED) is 0.585. The minimum absolute atomic E-state index is 0.00164. The van der Waals surface area contributed by atoms with Gasteiger partial charge in [-0.2, -0.15) is 0 Å². The highest BCUT2D eigenvalue weighted by molar-refractivity contribution is 6.13. The number of Topliss-reactive ketones (excluding diaryl/α,β-unsaturated/α-hetero) is 2. The molecule has 1 unspecified atom stereocenters. The van der Waals surface area contributed by atoms with E-state index < -0.39 is 23.6 Å². The van der Waals surface area contributed by atoms with E-state index in [0.29, 0.717) is 0 Å². The van der Waals surface area contributed by atoms with Crippen molar-refractivity contribution in [1.29, 1.82) is 0 Å². The minimum Gasteiger partial charge on any atom is -0.296 e. The third kappa shape index (κ3) is 3.73. The first kappa shape index (κ1) is 13.5. The largest absolute Gasteiger partial charge is 0.296 e. The predicted octanol–water partition coefficient (Wildman–Crippen LogP) is 2.96. The number of alkyl halides is 1. The number of benzene rings is 1. The number of halogens is 2. The second-order valence-electron chi connectivity index (χ2n) is 4.30. The summed E-state index contributed by atoms with van der Waals surface area (Å²) in [6.07, 6.45) is -2.13. The van der Waals surface area contributed by atoms with Gasteiger partial charge in [0.1, 0.15) is 5.82 Å². The lowest BCUT2D eigenvalue weighted by Crippen LogP contribution is -2.26. The molecule has 0 aliphatic heterocycles. The van der Waals surface area contributed by atoms with Crippen LogP contribution in [0.15, 0.2) is 24.3 Å². The summed E-state index contributed by atoms with van der Waals surface area (Å²) in [7, 11) is 0. The van der Waals surface area contributed by atoms with Crippen molar-refractivity contribution in [2.45, 2.75) is 26.4 Å². The Balaban J connectivity index is 2.76. The molecule has 0 aliphatic carbocycles. The maximum Gasteiger partial charge on any atom is 0.220 e. The Morgan fingerprint density at radius 3 is 2.18 bits per heavy atom. The van der Waals surface area contributed by atoms with Crippen molar-refractivity contribution in [3.8, 4) is 0 Å². The molecule has 17 heavy (non-hydrogen) atoms. The van der Waals surface area contributed by atoms with E-state index in [4.69, 9.17) is 0 Å². The molecule has 0 saturated carbocycles. The van der Waals surface area contributed by atoms with Gasteiger partial charge in [0.25, 0.3) is 0 Å². The summed E-state index contributed by atoms with van der Waals surface area (Å²) in [4.78, 5) is 22.9. The molecule has 1 aromatic rings. The molecule has 2 nitrogen and oxygen atoms in total. The molecule has 0 spiro atoms. The van der Waals surface area contributed by atoms with Crippen molar-refractivity contribution in [3.63, 3.8) is 0 Å². The van der Waals surface area contributed by atoms with Gasteiger partial charge in [-0.3, -0.25) is 9.59 Å². The van der Waals surface area contributed by atoms with Gasteiger partial charge in [-0.15, -0.1) is 0 Å². The van der Waals surface area contributed by atoms with E-state index in [1.54, 1.807) is 13.8 Å². The lowest BCUT2D eigenvalue weighted by atomic mass is 9.98. The minimum atomic E-state index is -2.15. The molecule has 0 amide bonds. The van der Waals surface area contributed by atoms with E-state index >= 15 is 0 Å². The second kappa shape index (κ2) is 5.66. The number of ketones is 2. The molecule has 0 bridgehead atoms. The van der Waals surface area contributed by atoms with Crippen LogP contribution in [0.5, 0.6) is 0 Å². The van der Waals surface area contributed by atoms with Crippen molar-refractivity contribution < 1.29 is 18.4 Å². The molecule has 4 heteroatoms. The molecule has 0 N–H and O–H groups in total. The Bertz CT molecular complexity index is 410. The summed E-state index contributed by atoms with van der Waals surface area (Å²) in [6, 6.07) is 4.47. The van der Waals surface area contributed by atoms with Crippen LogP contribution in [0.4, 0.5) is 8.78 Å².